The van der Waals surface area contributed by atoms with E-state index in [2.05, 4.69) is 33.8 Å². The van der Waals surface area contributed by atoms with Crippen molar-refractivity contribution in [2.45, 2.75) is 32.7 Å². The smallest absolute Gasteiger partial charge is 0.255 e. The van der Waals surface area contributed by atoms with Gasteiger partial charge in [0.05, 0.1) is 6.61 Å². The molecule has 0 amide bonds. The number of fused-ring (bicyclic) bond motifs is 1. The summed E-state index contributed by atoms with van der Waals surface area (Å²) in [4.78, 5) is 10.5. The van der Waals surface area contributed by atoms with Crippen molar-refractivity contribution in [2.75, 3.05) is 25.2 Å². The van der Waals surface area contributed by atoms with Crippen LogP contribution in [0.4, 0.5) is 5.82 Å². The zero-order chi connectivity index (χ0) is 14.5. The van der Waals surface area contributed by atoms with Crippen LogP contribution in [0.2, 0.25) is 5.15 Å². The molecule has 0 N–H and O–H groups in total. The van der Waals surface area contributed by atoms with Gasteiger partial charge in [-0.3, -0.25) is 0 Å². The minimum absolute atomic E-state index is 0.399. The summed E-state index contributed by atoms with van der Waals surface area (Å²) in [6.45, 7) is 5.77. The predicted molar refractivity (Wildman–Crippen MR) is 79.4 cm³/mol. The van der Waals surface area contributed by atoms with E-state index in [0.717, 1.165) is 25.2 Å². The third-order valence-electron chi connectivity index (χ3n) is 3.42. The van der Waals surface area contributed by atoms with E-state index < -0.39 is 0 Å². The molecule has 0 atom stereocenters. The SMILES string of the molecule is CCC(CC)N(CCOC)c1cc(Cl)nc2ncnn12. The van der Waals surface area contributed by atoms with Gasteiger partial charge in [0, 0.05) is 25.8 Å². The van der Waals surface area contributed by atoms with Crippen LogP contribution in [0.25, 0.3) is 5.78 Å². The third kappa shape index (κ3) is 3.02. The molecule has 0 aliphatic heterocycles. The zero-order valence-electron chi connectivity index (χ0n) is 12.1. The van der Waals surface area contributed by atoms with Crippen molar-refractivity contribution in [3.63, 3.8) is 0 Å². The molecule has 110 valence electrons. The molecule has 7 heteroatoms. The minimum Gasteiger partial charge on any atom is -0.383 e. The molecule has 0 fully saturated rings. The molecule has 0 saturated heterocycles. The molecule has 20 heavy (non-hydrogen) atoms. The van der Waals surface area contributed by atoms with Crippen molar-refractivity contribution in [1.29, 1.82) is 0 Å². The molecule has 0 aliphatic rings. The first-order chi connectivity index (χ1) is 9.71. The van der Waals surface area contributed by atoms with Crippen LogP contribution in [-0.4, -0.2) is 45.9 Å². The Kier molecular flexibility index (Phi) is 5.14. The lowest BCUT2D eigenvalue weighted by Gasteiger charge is -2.32. The topological polar surface area (TPSA) is 55.5 Å². The minimum atomic E-state index is 0.399. The maximum atomic E-state index is 6.10. The summed E-state index contributed by atoms with van der Waals surface area (Å²) in [5.41, 5.74) is 0. The second-order valence-corrected chi connectivity index (χ2v) is 4.95. The summed E-state index contributed by atoms with van der Waals surface area (Å²) in [7, 11) is 1.70. The Morgan fingerprint density at radius 3 is 2.80 bits per heavy atom. The molecule has 0 unspecified atom stereocenters. The maximum absolute atomic E-state index is 6.10. The van der Waals surface area contributed by atoms with Crippen LogP contribution in [-0.2, 0) is 4.74 Å². The van der Waals surface area contributed by atoms with Gasteiger partial charge in [0.15, 0.2) is 0 Å². The van der Waals surface area contributed by atoms with Crippen molar-refractivity contribution in [3.05, 3.63) is 17.5 Å². The van der Waals surface area contributed by atoms with Crippen LogP contribution in [0.3, 0.4) is 0 Å². The molecule has 0 saturated carbocycles. The number of aromatic nitrogens is 4. The molecule has 0 aromatic carbocycles. The number of hydrogen-bond donors (Lipinski definition) is 0. The van der Waals surface area contributed by atoms with Gasteiger partial charge < -0.3 is 9.64 Å². The third-order valence-corrected chi connectivity index (χ3v) is 3.61. The molecule has 6 nitrogen and oxygen atoms in total. The van der Waals surface area contributed by atoms with Gasteiger partial charge in [-0.1, -0.05) is 25.4 Å². The summed E-state index contributed by atoms with van der Waals surface area (Å²) < 4.78 is 6.94. The lowest BCUT2D eigenvalue weighted by Crippen LogP contribution is -2.38. The summed E-state index contributed by atoms with van der Waals surface area (Å²) in [6.07, 6.45) is 3.57. The van der Waals surface area contributed by atoms with Crippen LogP contribution < -0.4 is 4.90 Å². The van der Waals surface area contributed by atoms with Crippen LogP contribution in [0.15, 0.2) is 12.4 Å². The number of hydrogen-bond acceptors (Lipinski definition) is 5. The summed E-state index contributed by atoms with van der Waals surface area (Å²) >= 11 is 6.10. The van der Waals surface area contributed by atoms with Gasteiger partial charge in [-0.05, 0) is 12.8 Å². The predicted octanol–water partition coefficient (Wildman–Crippen LogP) is 2.42. The molecule has 2 aromatic rings. The van der Waals surface area contributed by atoms with Crippen molar-refractivity contribution in [1.82, 2.24) is 19.6 Å². The van der Waals surface area contributed by atoms with Crippen molar-refractivity contribution < 1.29 is 4.74 Å². The van der Waals surface area contributed by atoms with Gasteiger partial charge in [0.1, 0.15) is 17.3 Å². The van der Waals surface area contributed by atoms with Gasteiger partial charge in [0.2, 0.25) is 0 Å². The standard InChI is InChI=1S/C13H20ClN5O/c1-4-10(5-2)18(6-7-20-3)12-8-11(14)17-13-15-9-16-19(12)13/h8-10H,4-7H2,1-3H3. The number of anilines is 1. The van der Waals surface area contributed by atoms with Gasteiger partial charge >= 0.3 is 0 Å². The molecular weight excluding hydrogens is 278 g/mol. The van der Waals surface area contributed by atoms with E-state index in [1.54, 1.807) is 11.6 Å². The van der Waals surface area contributed by atoms with Crippen molar-refractivity contribution in [3.8, 4) is 0 Å². The van der Waals surface area contributed by atoms with Crippen LogP contribution in [0.1, 0.15) is 26.7 Å². The first-order valence-electron chi connectivity index (χ1n) is 6.83. The Labute approximate surface area is 123 Å². The van der Waals surface area contributed by atoms with E-state index in [4.69, 9.17) is 16.3 Å². The van der Waals surface area contributed by atoms with Crippen LogP contribution in [0, 0.1) is 0 Å². The van der Waals surface area contributed by atoms with Crippen LogP contribution in [0.5, 0.6) is 0 Å². The van der Waals surface area contributed by atoms with E-state index >= 15 is 0 Å². The summed E-state index contributed by atoms with van der Waals surface area (Å²) in [5, 5.41) is 4.67. The summed E-state index contributed by atoms with van der Waals surface area (Å²) in [5.74, 6) is 1.42. The Hall–Kier alpha value is -1.40. The van der Waals surface area contributed by atoms with E-state index in [1.165, 1.54) is 6.33 Å². The van der Waals surface area contributed by atoms with Gasteiger partial charge in [0.25, 0.3) is 5.78 Å². The molecular formula is C13H20ClN5O. The number of ether oxygens (including phenoxy) is 1. The Balaban J connectivity index is 2.46. The fourth-order valence-electron chi connectivity index (χ4n) is 2.38. The Morgan fingerprint density at radius 2 is 2.15 bits per heavy atom. The Bertz CT molecular complexity index is 555. The summed E-state index contributed by atoms with van der Waals surface area (Å²) in [6, 6.07) is 2.23. The first kappa shape index (κ1) is 15.0. The lowest BCUT2D eigenvalue weighted by molar-refractivity contribution is 0.202. The highest BCUT2D eigenvalue weighted by molar-refractivity contribution is 6.29. The van der Waals surface area contributed by atoms with Gasteiger partial charge in [-0.15, -0.1) is 0 Å². The fourth-order valence-corrected chi connectivity index (χ4v) is 2.55. The quantitative estimate of drug-likeness (QED) is 0.735. The molecule has 2 aromatic heterocycles. The number of rotatable bonds is 7. The van der Waals surface area contributed by atoms with Crippen LogP contribution >= 0.6 is 11.6 Å². The van der Waals surface area contributed by atoms with Crippen molar-refractivity contribution in [2.24, 2.45) is 0 Å². The molecule has 0 radical (unpaired) electrons. The van der Waals surface area contributed by atoms with E-state index in [0.29, 0.717) is 23.6 Å². The van der Waals surface area contributed by atoms with Gasteiger partial charge in [-0.2, -0.15) is 19.6 Å². The van der Waals surface area contributed by atoms with E-state index in [9.17, 15) is 0 Å². The molecule has 0 spiro atoms. The van der Waals surface area contributed by atoms with E-state index in [1.807, 2.05) is 6.07 Å². The highest BCUT2D eigenvalue weighted by Crippen LogP contribution is 2.23. The first-order valence-corrected chi connectivity index (χ1v) is 7.20. The van der Waals surface area contributed by atoms with Gasteiger partial charge in [-0.25, -0.2) is 0 Å². The number of nitrogens with zero attached hydrogens (tertiary/aromatic N) is 5. The molecule has 2 heterocycles. The average Bonchev–Trinajstić information content (AvgIpc) is 2.90. The molecule has 0 bridgehead atoms. The monoisotopic (exact) mass is 297 g/mol. The largest absolute Gasteiger partial charge is 0.383 e. The van der Waals surface area contributed by atoms with Crippen molar-refractivity contribution >= 4 is 23.2 Å². The highest BCUT2D eigenvalue weighted by Gasteiger charge is 2.20. The normalized spacial score (nSPS) is 11.4. The number of halogens is 1. The number of methoxy groups -OCH3 is 1. The second-order valence-electron chi connectivity index (χ2n) is 4.57. The Morgan fingerprint density at radius 1 is 1.40 bits per heavy atom. The maximum Gasteiger partial charge on any atom is 0.255 e. The molecule has 2 rings (SSSR count). The fraction of sp³-hybridized carbons (Fsp3) is 0.615. The zero-order valence-corrected chi connectivity index (χ0v) is 12.8. The molecule has 0 aliphatic carbocycles. The second kappa shape index (κ2) is 6.85. The highest BCUT2D eigenvalue weighted by atomic mass is 35.5. The lowest BCUT2D eigenvalue weighted by atomic mass is 10.1. The van der Waals surface area contributed by atoms with E-state index in [-0.39, 0.29) is 0 Å². The average molecular weight is 298 g/mol.